The molecule has 19 heavy (non-hydrogen) atoms. The number of halogens is 2. The summed E-state index contributed by atoms with van der Waals surface area (Å²) in [5.74, 6) is 0.436. The Morgan fingerprint density at radius 2 is 1.84 bits per heavy atom. The van der Waals surface area contributed by atoms with Crippen molar-refractivity contribution in [3.63, 3.8) is 0 Å². The molecule has 0 spiro atoms. The summed E-state index contributed by atoms with van der Waals surface area (Å²) in [5, 5.41) is 2.86. The number of rotatable bonds is 6. The Balaban J connectivity index is 2.65. The highest BCUT2D eigenvalue weighted by molar-refractivity contribution is 5.50. The third-order valence-corrected chi connectivity index (χ3v) is 2.06. The number of nitrogens with two attached hydrogens (primary N) is 2. The number of allylic oxidation sites excluding steroid dienone is 3. The van der Waals surface area contributed by atoms with E-state index in [2.05, 4.69) is 16.6 Å². The van der Waals surface area contributed by atoms with E-state index in [-0.39, 0.29) is 5.75 Å². The Bertz CT molecular complexity index is 481. The van der Waals surface area contributed by atoms with Crippen LogP contribution in [0.3, 0.4) is 0 Å². The first-order valence-electron chi connectivity index (χ1n) is 5.38. The molecule has 5 N–H and O–H groups in total. The van der Waals surface area contributed by atoms with E-state index in [9.17, 15) is 8.78 Å². The second-order valence-electron chi connectivity index (χ2n) is 3.52. The molecule has 0 radical (unpaired) electrons. The van der Waals surface area contributed by atoms with Gasteiger partial charge in [0, 0.05) is 11.4 Å². The minimum Gasteiger partial charge on any atom is -0.435 e. The molecule has 0 aliphatic heterocycles. The van der Waals surface area contributed by atoms with Gasteiger partial charge in [-0.1, -0.05) is 6.58 Å². The van der Waals surface area contributed by atoms with Gasteiger partial charge in [-0.25, -0.2) is 0 Å². The highest BCUT2D eigenvalue weighted by atomic mass is 19.3. The molecule has 0 saturated heterocycles. The van der Waals surface area contributed by atoms with Gasteiger partial charge in [0.2, 0.25) is 0 Å². The van der Waals surface area contributed by atoms with Crippen molar-refractivity contribution in [1.82, 2.24) is 0 Å². The molecular weight excluding hydrogens is 252 g/mol. The molecule has 0 unspecified atom stereocenters. The van der Waals surface area contributed by atoms with E-state index in [0.29, 0.717) is 17.2 Å². The van der Waals surface area contributed by atoms with Crippen LogP contribution in [-0.4, -0.2) is 6.61 Å². The summed E-state index contributed by atoms with van der Waals surface area (Å²) in [6, 6.07) is 5.96. The number of benzene rings is 1. The lowest BCUT2D eigenvalue weighted by Gasteiger charge is -2.08. The Hall–Kier alpha value is -2.50. The molecule has 4 nitrogen and oxygen atoms in total. The Morgan fingerprint density at radius 3 is 2.37 bits per heavy atom. The summed E-state index contributed by atoms with van der Waals surface area (Å²) in [4.78, 5) is 0. The van der Waals surface area contributed by atoms with Gasteiger partial charge in [-0.15, -0.1) is 0 Å². The van der Waals surface area contributed by atoms with Crippen LogP contribution in [0.5, 0.6) is 5.75 Å². The van der Waals surface area contributed by atoms with E-state index in [0.717, 1.165) is 0 Å². The summed E-state index contributed by atoms with van der Waals surface area (Å²) in [6.07, 6.45) is 4.64. The third kappa shape index (κ3) is 5.58. The van der Waals surface area contributed by atoms with Crippen molar-refractivity contribution in [3.8, 4) is 5.75 Å². The summed E-state index contributed by atoms with van der Waals surface area (Å²) < 4.78 is 28.1. The maximum absolute atomic E-state index is 11.9. The predicted octanol–water partition coefficient (Wildman–Crippen LogP) is 2.53. The molecule has 1 aromatic rings. The maximum Gasteiger partial charge on any atom is 0.387 e. The van der Waals surface area contributed by atoms with Gasteiger partial charge in [0.15, 0.2) is 0 Å². The number of alkyl halides is 2. The fraction of sp³-hybridized carbons (Fsp3) is 0.0769. The van der Waals surface area contributed by atoms with Crippen LogP contribution in [0, 0.1) is 0 Å². The number of ether oxygens (including phenoxy) is 1. The van der Waals surface area contributed by atoms with E-state index in [4.69, 9.17) is 11.5 Å². The van der Waals surface area contributed by atoms with Gasteiger partial charge in [-0.2, -0.15) is 8.78 Å². The van der Waals surface area contributed by atoms with E-state index in [1.165, 1.54) is 18.2 Å². The summed E-state index contributed by atoms with van der Waals surface area (Å²) in [7, 11) is 0. The lowest BCUT2D eigenvalue weighted by atomic mass is 10.3. The van der Waals surface area contributed by atoms with Gasteiger partial charge in [-0.05, 0) is 42.5 Å². The smallest absolute Gasteiger partial charge is 0.387 e. The van der Waals surface area contributed by atoms with Gasteiger partial charge in [-0.3, -0.25) is 0 Å². The molecule has 0 fully saturated rings. The standard InChI is InChI=1S/C13H15F2N3O/c1-2-9(16)3-8-12(17)18-10-4-6-11(7-5-10)19-13(14)15/h2-8,13,18H,1,16-17H2/b9-3-,12-8+. The Kier molecular flexibility index (Phi) is 5.40. The molecule has 102 valence electrons. The van der Waals surface area contributed by atoms with Gasteiger partial charge >= 0.3 is 6.61 Å². The normalized spacial score (nSPS) is 12.4. The summed E-state index contributed by atoms with van der Waals surface area (Å²) in [5.41, 5.74) is 12.3. The van der Waals surface area contributed by atoms with Crippen LogP contribution < -0.4 is 21.5 Å². The zero-order chi connectivity index (χ0) is 14.3. The van der Waals surface area contributed by atoms with Crippen LogP contribution in [0.2, 0.25) is 0 Å². The topological polar surface area (TPSA) is 73.3 Å². The van der Waals surface area contributed by atoms with E-state index in [1.54, 1.807) is 24.3 Å². The van der Waals surface area contributed by atoms with Crippen molar-refractivity contribution < 1.29 is 13.5 Å². The second kappa shape index (κ2) is 7.05. The van der Waals surface area contributed by atoms with Gasteiger partial charge in [0.05, 0.1) is 0 Å². The molecule has 0 amide bonds. The molecule has 1 rings (SSSR count). The zero-order valence-electron chi connectivity index (χ0n) is 10.1. The highest BCUT2D eigenvalue weighted by Crippen LogP contribution is 2.18. The van der Waals surface area contributed by atoms with Crippen LogP contribution in [0.15, 0.2) is 60.6 Å². The molecule has 0 saturated carbocycles. The average Bonchev–Trinajstić information content (AvgIpc) is 2.37. The van der Waals surface area contributed by atoms with Gasteiger partial charge in [0.1, 0.15) is 11.6 Å². The molecule has 0 aliphatic rings. The molecule has 0 aromatic heterocycles. The molecule has 0 bridgehead atoms. The van der Waals surface area contributed by atoms with Gasteiger partial charge < -0.3 is 21.5 Å². The molecule has 1 aromatic carbocycles. The summed E-state index contributed by atoms with van der Waals surface area (Å²) in [6.45, 7) is 0.660. The van der Waals surface area contributed by atoms with Crippen molar-refractivity contribution in [2.45, 2.75) is 6.61 Å². The van der Waals surface area contributed by atoms with Crippen LogP contribution in [-0.2, 0) is 0 Å². The van der Waals surface area contributed by atoms with Crippen molar-refractivity contribution in [2.24, 2.45) is 11.5 Å². The first-order chi connectivity index (χ1) is 9.01. The van der Waals surface area contributed by atoms with Crippen molar-refractivity contribution >= 4 is 5.69 Å². The minimum absolute atomic E-state index is 0.0823. The van der Waals surface area contributed by atoms with Crippen molar-refractivity contribution in [3.05, 3.63) is 60.6 Å². The average molecular weight is 267 g/mol. The second-order valence-corrected chi connectivity index (χ2v) is 3.52. The molecule has 0 heterocycles. The van der Waals surface area contributed by atoms with Gasteiger partial charge in [0.25, 0.3) is 0 Å². The lowest BCUT2D eigenvalue weighted by molar-refractivity contribution is -0.0498. The predicted molar refractivity (Wildman–Crippen MR) is 71.4 cm³/mol. The van der Waals surface area contributed by atoms with E-state index in [1.807, 2.05) is 0 Å². The van der Waals surface area contributed by atoms with Crippen LogP contribution in [0.4, 0.5) is 14.5 Å². The van der Waals surface area contributed by atoms with Crippen LogP contribution >= 0.6 is 0 Å². The fourth-order valence-corrected chi connectivity index (χ4v) is 1.18. The first kappa shape index (κ1) is 14.6. The number of anilines is 1. The SMILES string of the molecule is C=C/C(N)=C/C=C(\N)Nc1ccc(OC(F)F)cc1. The molecule has 0 atom stereocenters. The Morgan fingerprint density at radius 1 is 1.21 bits per heavy atom. The largest absolute Gasteiger partial charge is 0.435 e. The summed E-state index contributed by atoms with van der Waals surface area (Å²) >= 11 is 0. The lowest BCUT2D eigenvalue weighted by Crippen LogP contribution is -2.09. The first-order valence-corrected chi connectivity index (χ1v) is 5.38. The van der Waals surface area contributed by atoms with Crippen molar-refractivity contribution in [1.29, 1.82) is 0 Å². The molecular formula is C13H15F2N3O. The van der Waals surface area contributed by atoms with Crippen LogP contribution in [0.25, 0.3) is 0 Å². The monoisotopic (exact) mass is 267 g/mol. The minimum atomic E-state index is -2.84. The molecule has 0 aliphatic carbocycles. The third-order valence-electron chi connectivity index (χ3n) is 2.06. The quantitative estimate of drug-likeness (QED) is 0.692. The number of hydrogen-bond acceptors (Lipinski definition) is 4. The van der Waals surface area contributed by atoms with Crippen LogP contribution in [0.1, 0.15) is 0 Å². The zero-order valence-corrected chi connectivity index (χ0v) is 10.1. The van der Waals surface area contributed by atoms with Crippen molar-refractivity contribution in [2.75, 3.05) is 5.32 Å². The number of hydrogen-bond donors (Lipinski definition) is 3. The maximum atomic E-state index is 11.9. The fourth-order valence-electron chi connectivity index (χ4n) is 1.18. The van der Waals surface area contributed by atoms with E-state index < -0.39 is 6.61 Å². The molecule has 6 heteroatoms. The Labute approximate surface area is 110 Å². The highest BCUT2D eigenvalue weighted by Gasteiger charge is 2.03. The number of nitrogens with one attached hydrogen (secondary N) is 1. The van der Waals surface area contributed by atoms with E-state index >= 15 is 0 Å².